The van der Waals surface area contributed by atoms with Crippen LogP contribution in [-0.4, -0.2) is 36.6 Å². The van der Waals surface area contributed by atoms with Crippen LogP contribution in [0.5, 0.6) is 0 Å². The molecule has 1 N–H and O–H groups in total. The van der Waals surface area contributed by atoms with Crippen LogP contribution in [0.3, 0.4) is 0 Å². The summed E-state index contributed by atoms with van der Waals surface area (Å²) in [7, 11) is 0. The van der Waals surface area contributed by atoms with Crippen LogP contribution in [-0.2, 0) is 14.3 Å². The highest BCUT2D eigenvalue weighted by atomic mass is 32.1. The van der Waals surface area contributed by atoms with Gasteiger partial charge in [0.05, 0.1) is 52.9 Å². The zero-order valence-corrected chi connectivity index (χ0v) is 28.5. The predicted octanol–water partition coefficient (Wildman–Crippen LogP) is 8.84. The number of anilines is 1. The number of amides is 1. The molecule has 1 amide bonds. The Balaban J connectivity index is 1.52. The Bertz CT molecular complexity index is 1870. The minimum absolute atomic E-state index is 0.0494. The number of aromatic nitrogens is 1. The zero-order chi connectivity index (χ0) is 34.5. The number of carbonyl (C=O) groups excluding carboxylic acids is 2. The fourth-order valence-corrected chi connectivity index (χ4v) is 6.60. The number of likely N-dealkylation sites (N-methyl/N-ethyl adjacent to an activating group) is 1. The van der Waals surface area contributed by atoms with Crippen LogP contribution in [0.25, 0.3) is 27.0 Å². The summed E-state index contributed by atoms with van der Waals surface area (Å²) in [5.74, 6) is -0.744. The first kappa shape index (κ1) is 35.4. The normalized spacial score (nSPS) is 14.5. The molecule has 1 aliphatic heterocycles. The number of nitrogens with zero attached hydrogens (tertiary/aromatic N) is 7. The Morgan fingerprint density at radius 3 is 2.60 bits per heavy atom. The number of rotatable bonds is 15. The van der Waals surface area contributed by atoms with Crippen LogP contribution < -0.4 is 10.2 Å². The van der Waals surface area contributed by atoms with Crippen molar-refractivity contribution in [3.63, 3.8) is 0 Å². The molecule has 1 aliphatic rings. The molecule has 0 saturated heterocycles. The molecule has 1 atom stereocenters. The number of benzene rings is 1. The number of hydrogen-bond donors (Lipinski definition) is 1. The number of thiazole rings is 1. The Kier molecular flexibility index (Phi) is 12.9. The van der Waals surface area contributed by atoms with Gasteiger partial charge < -0.3 is 15.0 Å². The summed E-state index contributed by atoms with van der Waals surface area (Å²) in [5, 5.41) is 22.6. The van der Waals surface area contributed by atoms with Gasteiger partial charge in [-0.05, 0) is 38.0 Å². The Morgan fingerprint density at radius 1 is 1.15 bits per heavy atom. The van der Waals surface area contributed by atoms with E-state index in [9.17, 15) is 14.9 Å². The summed E-state index contributed by atoms with van der Waals surface area (Å²) in [4.78, 5) is 39.3. The minimum Gasteiger partial charge on any atom is -0.464 e. The molecule has 244 valence electrons. The molecule has 48 heavy (non-hydrogen) atoms. The van der Waals surface area contributed by atoms with E-state index >= 15 is 0 Å². The van der Waals surface area contributed by atoms with Gasteiger partial charge in [-0.1, -0.05) is 85.8 Å². The molecule has 1 unspecified atom stereocenters. The molecule has 3 aromatic rings. The van der Waals surface area contributed by atoms with Gasteiger partial charge in [0.25, 0.3) is 5.70 Å². The SMILES string of the molecule is [C-]#[N+]C1=C(/C=C/c2sc(/N=N/c3ccc(N(CC)CCOC(=O)C(CC)CCCC)s3)nc2-c2ccccc2)C(=O)N/C1=C(\C#N)[N+]#[C-]. The first-order chi connectivity index (χ1) is 23.4. The number of carbonyl (C=O) groups is 2. The fraction of sp³-hybridized carbons (Fsp3) is 0.314. The van der Waals surface area contributed by atoms with Crippen molar-refractivity contribution >= 4 is 55.8 Å². The van der Waals surface area contributed by atoms with Crippen molar-refractivity contribution in [1.29, 1.82) is 5.26 Å². The second-order valence-electron chi connectivity index (χ2n) is 10.5. The molecule has 1 aromatic carbocycles. The molecule has 4 rings (SSSR count). The van der Waals surface area contributed by atoms with E-state index < -0.39 is 5.91 Å². The number of unbranched alkanes of at least 4 members (excludes halogenated alkanes) is 1. The number of ether oxygens (including phenoxy) is 1. The number of hydrogen-bond acceptors (Lipinski definition) is 10. The average Bonchev–Trinajstić information content (AvgIpc) is 3.83. The maximum atomic E-state index is 12.7. The van der Waals surface area contributed by atoms with E-state index in [0.717, 1.165) is 42.8 Å². The van der Waals surface area contributed by atoms with Crippen LogP contribution in [0.4, 0.5) is 15.1 Å². The average molecular weight is 679 g/mol. The van der Waals surface area contributed by atoms with Crippen LogP contribution in [0.2, 0.25) is 0 Å². The molecule has 3 heterocycles. The number of nitriles is 1. The minimum atomic E-state index is -0.570. The van der Waals surface area contributed by atoms with Gasteiger partial charge in [-0.3, -0.25) is 9.59 Å². The lowest BCUT2D eigenvalue weighted by Crippen LogP contribution is -2.28. The number of thiophene rings is 1. The van der Waals surface area contributed by atoms with Crippen LogP contribution in [0.1, 0.15) is 51.3 Å². The van der Waals surface area contributed by atoms with E-state index in [1.165, 1.54) is 28.7 Å². The molecule has 0 aliphatic carbocycles. The lowest BCUT2D eigenvalue weighted by Gasteiger charge is -2.21. The summed E-state index contributed by atoms with van der Waals surface area (Å²) >= 11 is 2.74. The highest BCUT2D eigenvalue weighted by Gasteiger charge is 2.29. The lowest BCUT2D eigenvalue weighted by molar-refractivity contribution is -0.148. The smallest absolute Gasteiger partial charge is 0.308 e. The van der Waals surface area contributed by atoms with Crippen molar-refractivity contribution in [3.8, 4) is 17.3 Å². The second-order valence-corrected chi connectivity index (χ2v) is 12.5. The van der Waals surface area contributed by atoms with Crippen LogP contribution in [0, 0.1) is 30.4 Å². The Hall–Kier alpha value is -5.42. The highest BCUT2D eigenvalue weighted by Crippen LogP contribution is 2.37. The fourth-order valence-electron chi connectivity index (χ4n) is 4.87. The van der Waals surface area contributed by atoms with Crippen molar-refractivity contribution in [3.05, 3.63) is 98.9 Å². The standard InChI is InChI=1S/C35H34N8O3S2/c1-6-9-13-23(7-2)34(45)46-21-20-43(8-3)29-19-18-28(48-29)41-42-35-40-30(24-14-11-10-12-15-24)27(47-35)17-16-25-31(38-5)32(39-33(25)44)26(22-36)37-4/h10-12,14-19,23H,6-9,13,20-21H2,1-3H3,(H,39,44)/b17-16+,32-26+,42-41+. The zero-order valence-electron chi connectivity index (χ0n) is 26.9. The molecule has 11 nitrogen and oxygen atoms in total. The van der Waals surface area contributed by atoms with Crippen molar-refractivity contribution in [2.45, 2.75) is 46.5 Å². The van der Waals surface area contributed by atoms with E-state index in [-0.39, 0.29) is 34.6 Å². The van der Waals surface area contributed by atoms with Gasteiger partial charge in [0, 0.05) is 17.7 Å². The molecular formula is C35H34N8O3S2. The van der Waals surface area contributed by atoms with Crippen molar-refractivity contribution in [2.24, 2.45) is 16.1 Å². The Labute approximate surface area is 288 Å². The summed E-state index contributed by atoms with van der Waals surface area (Å²) in [6, 6.07) is 15.1. The number of azo groups is 1. The van der Waals surface area contributed by atoms with Crippen molar-refractivity contribution in [2.75, 3.05) is 24.6 Å². The summed E-state index contributed by atoms with van der Waals surface area (Å²) in [6.07, 6.45) is 6.88. The van der Waals surface area contributed by atoms with Gasteiger partial charge in [-0.2, -0.15) is 0 Å². The largest absolute Gasteiger partial charge is 0.464 e. The third-order valence-corrected chi connectivity index (χ3v) is 9.41. The maximum Gasteiger partial charge on any atom is 0.308 e. The first-order valence-corrected chi connectivity index (χ1v) is 17.1. The summed E-state index contributed by atoms with van der Waals surface area (Å²) < 4.78 is 5.61. The van der Waals surface area contributed by atoms with Gasteiger partial charge in [-0.25, -0.2) is 19.9 Å². The third kappa shape index (κ3) is 8.68. The molecule has 0 saturated carbocycles. The molecular weight excluding hydrogens is 645 g/mol. The summed E-state index contributed by atoms with van der Waals surface area (Å²) in [6.45, 7) is 22.6. The van der Waals surface area contributed by atoms with Crippen LogP contribution >= 0.6 is 22.7 Å². The van der Waals surface area contributed by atoms with Gasteiger partial charge in [0.2, 0.25) is 16.7 Å². The molecule has 13 heteroatoms. The number of esters is 1. The summed E-state index contributed by atoms with van der Waals surface area (Å²) in [5.41, 5.74) is 0.990. The molecule has 0 radical (unpaired) electrons. The topological polar surface area (TPSA) is 129 Å². The van der Waals surface area contributed by atoms with Gasteiger partial charge in [0.15, 0.2) is 0 Å². The van der Waals surface area contributed by atoms with E-state index in [0.29, 0.717) is 33.9 Å². The third-order valence-electron chi connectivity index (χ3n) is 7.47. The molecule has 0 fully saturated rings. The highest BCUT2D eigenvalue weighted by molar-refractivity contribution is 7.19. The van der Waals surface area contributed by atoms with E-state index in [2.05, 4.69) is 37.1 Å². The van der Waals surface area contributed by atoms with Gasteiger partial charge >= 0.3 is 5.97 Å². The van der Waals surface area contributed by atoms with E-state index in [4.69, 9.17) is 22.9 Å². The van der Waals surface area contributed by atoms with E-state index in [1.54, 1.807) is 12.1 Å². The van der Waals surface area contributed by atoms with Crippen LogP contribution in [0.15, 0.2) is 81.4 Å². The predicted molar refractivity (Wildman–Crippen MR) is 188 cm³/mol. The maximum absolute atomic E-state index is 12.7. The quantitative estimate of drug-likeness (QED) is 0.0740. The lowest BCUT2D eigenvalue weighted by atomic mass is 10.00. The number of allylic oxidation sites excluding steroid dienone is 1. The number of nitrogens with one attached hydrogen (secondary N) is 1. The first-order valence-electron chi connectivity index (χ1n) is 15.5. The monoisotopic (exact) mass is 678 g/mol. The molecule has 2 aromatic heterocycles. The van der Waals surface area contributed by atoms with Crippen molar-refractivity contribution < 1.29 is 14.3 Å². The molecule has 0 bridgehead atoms. The van der Waals surface area contributed by atoms with E-state index in [1.807, 2.05) is 56.3 Å². The van der Waals surface area contributed by atoms with Gasteiger partial charge in [0.1, 0.15) is 11.6 Å². The van der Waals surface area contributed by atoms with Gasteiger partial charge in [-0.15, -0.1) is 10.2 Å². The second kappa shape index (κ2) is 17.5. The molecule has 0 spiro atoms. The Morgan fingerprint density at radius 2 is 1.94 bits per heavy atom. The van der Waals surface area contributed by atoms with Crippen molar-refractivity contribution in [1.82, 2.24) is 10.3 Å².